The molecule has 2 unspecified atom stereocenters. The fraction of sp³-hybridized carbons (Fsp3) is 0.476. The molecule has 1 aliphatic rings. The number of nitrogens with zero attached hydrogens (tertiary/aromatic N) is 2. The molecule has 28 heavy (non-hydrogen) atoms. The van der Waals surface area contributed by atoms with Crippen LogP contribution in [-0.4, -0.2) is 29.3 Å². The fourth-order valence-electron chi connectivity index (χ4n) is 3.51. The van der Waals surface area contributed by atoms with Crippen LogP contribution in [0.4, 0.5) is 0 Å². The third-order valence-electron chi connectivity index (χ3n) is 4.72. The Labute approximate surface area is 165 Å². The van der Waals surface area contributed by atoms with Gasteiger partial charge in [-0.15, -0.1) is 5.10 Å². The first-order valence-corrected chi connectivity index (χ1v) is 9.45. The van der Waals surface area contributed by atoms with Gasteiger partial charge in [0.1, 0.15) is 5.92 Å². The van der Waals surface area contributed by atoms with Crippen LogP contribution < -0.4 is 14.2 Å². The highest BCUT2D eigenvalue weighted by Gasteiger charge is 2.42. The number of ether oxygens (including phenoxy) is 3. The predicted molar refractivity (Wildman–Crippen MR) is 105 cm³/mol. The van der Waals surface area contributed by atoms with E-state index in [1.165, 1.54) is 0 Å². The van der Waals surface area contributed by atoms with Crippen LogP contribution in [0.2, 0.25) is 0 Å². The summed E-state index contributed by atoms with van der Waals surface area (Å²) in [5, 5.41) is 25.3. The first-order chi connectivity index (χ1) is 13.3. The summed E-state index contributed by atoms with van der Waals surface area (Å²) in [6.07, 6.45) is 0. The Morgan fingerprint density at radius 1 is 1.21 bits per heavy atom. The fourth-order valence-corrected chi connectivity index (χ4v) is 3.51. The maximum Gasteiger partial charge on any atom is 0.243 e. The minimum Gasteiger partial charge on any atom is -0.490 e. The smallest absolute Gasteiger partial charge is 0.243 e. The normalized spacial score (nSPS) is 18.8. The molecular formula is C21H26N4O3. The topological polar surface area (TPSA) is 104 Å². The lowest BCUT2D eigenvalue weighted by molar-refractivity contribution is 0.287. The van der Waals surface area contributed by atoms with Gasteiger partial charge >= 0.3 is 0 Å². The van der Waals surface area contributed by atoms with Crippen LogP contribution in [0.3, 0.4) is 0 Å². The molecule has 0 bridgehead atoms. The molecule has 1 aromatic carbocycles. The average Bonchev–Trinajstić information content (AvgIpc) is 3.06. The highest BCUT2D eigenvalue weighted by atomic mass is 16.5. The van der Waals surface area contributed by atoms with Crippen LogP contribution in [0.15, 0.2) is 18.2 Å². The zero-order valence-electron chi connectivity index (χ0n) is 16.9. The summed E-state index contributed by atoms with van der Waals surface area (Å²) in [6.45, 7) is 11.1. The summed E-state index contributed by atoms with van der Waals surface area (Å²) in [6, 6.07) is 7.91. The van der Waals surface area contributed by atoms with E-state index in [9.17, 15) is 5.26 Å². The summed E-state index contributed by atoms with van der Waals surface area (Å²) in [5.41, 5.74) is 2.35. The zero-order valence-corrected chi connectivity index (χ0v) is 16.9. The SMILES string of the molecule is CCOc1ccc(C2c3c(n[nH]c3C(C)(C)C)OC(=N)C2C#N)cc1OCC. The number of aromatic amines is 1. The van der Waals surface area contributed by atoms with Gasteiger partial charge in [-0.05, 0) is 31.5 Å². The van der Waals surface area contributed by atoms with E-state index >= 15 is 0 Å². The lowest BCUT2D eigenvalue weighted by atomic mass is 9.76. The van der Waals surface area contributed by atoms with Crippen LogP contribution >= 0.6 is 0 Å². The molecule has 1 aromatic heterocycles. The number of benzene rings is 1. The van der Waals surface area contributed by atoms with Gasteiger partial charge in [0, 0.05) is 22.6 Å². The van der Waals surface area contributed by atoms with Crippen LogP contribution in [0.5, 0.6) is 17.4 Å². The minimum absolute atomic E-state index is 0.0983. The lowest BCUT2D eigenvalue weighted by Crippen LogP contribution is -2.32. The van der Waals surface area contributed by atoms with Gasteiger partial charge < -0.3 is 14.2 Å². The molecule has 3 rings (SSSR count). The first kappa shape index (κ1) is 19.7. The van der Waals surface area contributed by atoms with Crippen molar-refractivity contribution in [1.82, 2.24) is 10.2 Å². The number of H-pyrrole nitrogens is 1. The van der Waals surface area contributed by atoms with Crippen molar-refractivity contribution in [2.24, 2.45) is 5.92 Å². The van der Waals surface area contributed by atoms with Gasteiger partial charge in [-0.2, -0.15) is 5.26 Å². The van der Waals surface area contributed by atoms with Crippen molar-refractivity contribution in [1.29, 1.82) is 10.7 Å². The maximum atomic E-state index is 9.80. The molecule has 0 saturated carbocycles. The third-order valence-corrected chi connectivity index (χ3v) is 4.72. The second kappa shape index (κ2) is 7.55. The Morgan fingerprint density at radius 3 is 2.50 bits per heavy atom. The average molecular weight is 382 g/mol. The van der Waals surface area contributed by atoms with Crippen LogP contribution in [-0.2, 0) is 5.41 Å². The number of rotatable bonds is 5. The van der Waals surface area contributed by atoms with E-state index in [2.05, 4.69) is 37.0 Å². The Hall–Kier alpha value is -3.01. The molecule has 0 radical (unpaired) electrons. The molecular weight excluding hydrogens is 356 g/mol. The number of nitrogens with one attached hydrogen (secondary N) is 2. The summed E-state index contributed by atoms with van der Waals surface area (Å²) < 4.78 is 17.0. The molecule has 0 aliphatic carbocycles. The Morgan fingerprint density at radius 2 is 1.89 bits per heavy atom. The zero-order chi connectivity index (χ0) is 20.5. The largest absolute Gasteiger partial charge is 0.490 e. The maximum absolute atomic E-state index is 9.80. The third kappa shape index (κ3) is 3.42. The van der Waals surface area contributed by atoms with Crippen LogP contribution in [0.25, 0.3) is 0 Å². The number of fused-ring (bicyclic) bond motifs is 1. The van der Waals surface area contributed by atoms with Crippen molar-refractivity contribution < 1.29 is 14.2 Å². The van der Waals surface area contributed by atoms with Gasteiger partial charge in [-0.25, -0.2) is 0 Å². The van der Waals surface area contributed by atoms with Gasteiger partial charge in [0.25, 0.3) is 0 Å². The summed E-state index contributed by atoms with van der Waals surface area (Å²) >= 11 is 0. The van der Waals surface area contributed by atoms with Gasteiger partial charge in [-0.3, -0.25) is 10.5 Å². The van der Waals surface area contributed by atoms with E-state index in [4.69, 9.17) is 19.6 Å². The highest BCUT2D eigenvalue weighted by molar-refractivity contribution is 5.85. The van der Waals surface area contributed by atoms with E-state index in [1.54, 1.807) is 0 Å². The van der Waals surface area contributed by atoms with Gasteiger partial charge in [-0.1, -0.05) is 26.8 Å². The van der Waals surface area contributed by atoms with Crippen molar-refractivity contribution in [3.8, 4) is 23.4 Å². The van der Waals surface area contributed by atoms with Crippen molar-refractivity contribution in [3.63, 3.8) is 0 Å². The predicted octanol–water partition coefficient (Wildman–Crippen LogP) is 4.15. The molecule has 7 nitrogen and oxygen atoms in total. The van der Waals surface area contributed by atoms with E-state index in [1.807, 2.05) is 32.0 Å². The van der Waals surface area contributed by atoms with Gasteiger partial charge in [0.15, 0.2) is 11.5 Å². The molecule has 2 atom stereocenters. The molecule has 2 N–H and O–H groups in total. The summed E-state index contributed by atoms with van der Waals surface area (Å²) in [5.74, 6) is 0.408. The van der Waals surface area contributed by atoms with E-state index in [-0.39, 0.29) is 17.2 Å². The van der Waals surface area contributed by atoms with E-state index < -0.39 is 5.92 Å². The van der Waals surface area contributed by atoms with Crippen molar-refractivity contribution in [2.45, 2.75) is 46.0 Å². The molecule has 0 spiro atoms. The van der Waals surface area contributed by atoms with Crippen molar-refractivity contribution in [2.75, 3.05) is 13.2 Å². The van der Waals surface area contributed by atoms with Gasteiger partial charge in [0.2, 0.25) is 11.8 Å². The minimum atomic E-state index is -0.751. The van der Waals surface area contributed by atoms with Crippen LogP contribution in [0, 0.1) is 22.7 Å². The molecule has 2 heterocycles. The lowest BCUT2D eigenvalue weighted by Gasteiger charge is -2.30. The highest BCUT2D eigenvalue weighted by Crippen LogP contribution is 2.47. The number of aromatic nitrogens is 2. The molecule has 7 heteroatoms. The molecule has 0 fully saturated rings. The number of nitriles is 1. The number of hydrogen-bond donors (Lipinski definition) is 2. The quantitative estimate of drug-likeness (QED) is 0.808. The Kier molecular flexibility index (Phi) is 5.32. The number of hydrogen-bond acceptors (Lipinski definition) is 6. The van der Waals surface area contributed by atoms with Crippen LogP contribution in [0.1, 0.15) is 57.4 Å². The molecule has 0 amide bonds. The van der Waals surface area contributed by atoms with Crippen molar-refractivity contribution in [3.05, 3.63) is 35.0 Å². The molecule has 0 saturated heterocycles. The summed E-state index contributed by atoms with van der Waals surface area (Å²) in [7, 11) is 0. The van der Waals surface area contributed by atoms with E-state index in [0.717, 1.165) is 16.8 Å². The second-order valence-electron chi connectivity index (χ2n) is 7.69. The van der Waals surface area contributed by atoms with E-state index in [0.29, 0.717) is 30.6 Å². The molecule has 148 valence electrons. The summed E-state index contributed by atoms with van der Waals surface area (Å²) in [4.78, 5) is 0. The Bertz CT molecular complexity index is 921. The Balaban J connectivity index is 2.20. The van der Waals surface area contributed by atoms with Gasteiger partial charge in [0.05, 0.1) is 19.3 Å². The first-order valence-electron chi connectivity index (χ1n) is 9.45. The second-order valence-corrected chi connectivity index (χ2v) is 7.69. The van der Waals surface area contributed by atoms with Crippen molar-refractivity contribution >= 4 is 5.90 Å². The molecule has 2 aromatic rings. The monoisotopic (exact) mass is 382 g/mol. The standard InChI is InChI=1S/C21H26N4O3/c1-6-26-14-9-8-12(10-15(14)27-7-2)16-13(11-22)19(23)28-20-17(16)18(24-25-20)21(3,4)5/h8-10,13,16,23H,6-7H2,1-5H3,(H,24,25). The molecule has 1 aliphatic heterocycles.